The maximum absolute atomic E-state index is 5.47. The molecule has 0 aliphatic carbocycles. The van der Waals surface area contributed by atoms with Crippen molar-refractivity contribution in [3.63, 3.8) is 0 Å². The Labute approximate surface area is 121 Å². The van der Waals surface area contributed by atoms with Crippen molar-refractivity contribution in [2.45, 2.75) is 25.7 Å². The quantitative estimate of drug-likeness (QED) is 0.618. The van der Waals surface area contributed by atoms with Crippen molar-refractivity contribution in [3.8, 4) is 11.4 Å². The minimum atomic E-state index is 0.768. The van der Waals surface area contributed by atoms with Gasteiger partial charge in [-0.15, -0.1) is 0 Å². The van der Waals surface area contributed by atoms with Crippen LogP contribution in [0.4, 0.5) is 0 Å². The molecule has 0 atom stereocenters. The van der Waals surface area contributed by atoms with Crippen LogP contribution in [0.25, 0.3) is 11.4 Å². The third kappa shape index (κ3) is 3.52. The third-order valence-electron chi connectivity index (χ3n) is 2.76. The first-order valence-electron chi connectivity index (χ1n) is 6.17. The van der Waals surface area contributed by atoms with Gasteiger partial charge in [0.05, 0.1) is 0 Å². The van der Waals surface area contributed by atoms with Gasteiger partial charge in [0.1, 0.15) is 5.82 Å². The van der Waals surface area contributed by atoms with Gasteiger partial charge < -0.3 is 5.73 Å². The molecule has 0 aliphatic heterocycles. The van der Waals surface area contributed by atoms with E-state index in [1.165, 1.54) is 3.57 Å². The van der Waals surface area contributed by atoms with Crippen LogP contribution in [-0.4, -0.2) is 21.7 Å². The van der Waals surface area contributed by atoms with Crippen LogP contribution in [0.2, 0.25) is 0 Å². The fourth-order valence-corrected chi connectivity index (χ4v) is 2.41. The van der Waals surface area contributed by atoms with Crippen LogP contribution in [0.3, 0.4) is 0 Å². The summed E-state index contributed by atoms with van der Waals surface area (Å²) in [6.07, 6.45) is 4.28. The zero-order chi connectivity index (χ0) is 12.8. The number of aromatic nitrogens is 3. The van der Waals surface area contributed by atoms with Gasteiger partial charge in [-0.3, -0.25) is 5.10 Å². The standard InChI is InChI=1S/C13H17IN4/c14-11-7-4-3-6-10(11)13-16-12(17-18-13)8-2-1-5-9-15/h3-4,6-7H,1-2,5,8-9,15H2,(H,16,17,18). The molecule has 0 fully saturated rings. The van der Waals surface area contributed by atoms with Crippen LogP contribution in [0.15, 0.2) is 24.3 Å². The minimum absolute atomic E-state index is 0.768. The number of hydrogen-bond acceptors (Lipinski definition) is 3. The van der Waals surface area contributed by atoms with E-state index in [-0.39, 0.29) is 0 Å². The third-order valence-corrected chi connectivity index (χ3v) is 3.70. The smallest absolute Gasteiger partial charge is 0.182 e. The average molecular weight is 356 g/mol. The summed E-state index contributed by atoms with van der Waals surface area (Å²) in [6, 6.07) is 8.14. The molecule has 3 N–H and O–H groups in total. The van der Waals surface area contributed by atoms with Crippen LogP contribution >= 0.6 is 22.6 Å². The SMILES string of the molecule is NCCCCCc1nc(-c2ccccc2I)n[nH]1. The predicted octanol–water partition coefficient (Wildman–Crippen LogP) is 2.75. The van der Waals surface area contributed by atoms with Gasteiger partial charge in [0.2, 0.25) is 0 Å². The van der Waals surface area contributed by atoms with Gasteiger partial charge in [-0.1, -0.05) is 24.6 Å². The van der Waals surface area contributed by atoms with Crippen LogP contribution < -0.4 is 5.73 Å². The van der Waals surface area contributed by atoms with Gasteiger partial charge >= 0.3 is 0 Å². The molecule has 96 valence electrons. The summed E-state index contributed by atoms with van der Waals surface area (Å²) in [6.45, 7) is 0.768. The van der Waals surface area contributed by atoms with E-state index in [2.05, 4.69) is 43.8 Å². The molecular formula is C13H17IN4. The molecule has 1 aromatic heterocycles. The molecule has 0 saturated heterocycles. The number of aryl methyl sites for hydroxylation is 1. The molecule has 4 nitrogen and oxygen atoms in total. The van der Waals surface area contributed by atoms with Gasteiger partial charge in [0.25, 0.3) is 0 Å². The Hall–Kier alpha value is -0.950. The Kier molecular flexibility index (Phi) is 5.12. The van der Waals surface area contributed by atoms with Crippen LogP contribution in [0.5, 0.6) is 0 Å². The second-order valence-electron chi connectivity index (χ2n) is 4.18. The molecule has 0 unspecified atom stereocenters. The molecule has 2 rings (SSSR count). The van der Waals surface area contributed by atoms with E-state index < -0.39 is 0 Å². The molecule has 0 radical (unpaired) electrons. The lowest BCUT2D eigenvalue weighted by atomic mass is 10.2. The Morgan fingerprint density at radius 2 is 2.00 bits per heavy atom. The summed E-state index contributed by atoms with van der Waals surface area (Å²) in [4.78, 5) is 4.54. The van der Waals surface area contributed by atoms with E-state index in [1.807, 2.05) is 18.2 Å². The van der Waals surface area contributed by atoms with E-state index >= 15 is 0 Å². The van der Waals surface area contributed by atoms with E-state index in [1.54, 1.807) is 0 Å². The second kappa shape index (κ2) is 6.84. The van der Waals surface area contributed by atoms with E-state index in [0.717, 1.165) is 49.4 Å². The number of rotatable bonds is 6. The average Bonchev–Trinajstić information content (AvgIpc) is 2.84. The molecule has 5 heteroatoms. The maximum Gasteiger partial charge on any atom is 0.182 e. The van der Waals surface area contributed by atoms with Gasteiger partial charge in [-0.25, -0.2) is 4.98 Å². The molecule has 1 aromatic carbocycles. The maximum atomic E-state index is 5.47. The Morgan fingerprint density at radius 1 is 1.17 bits per heavy atom. The van der Waals surface area contributed by atoms with Crippen molar-refractivity contribution in [2.75, 3.05) is 6.54 Å². The summed E-state index contributed by atoms with van der Waals surface area (Å²) in [5.74, 6) is 1.75. The molecule has 2 aromatic rings. The predicted molar refractivity (Wildman–Crippen MR) is 81.1 cm³/mol. The zero-order valence-corrected chi connectivity index (χ0v) is 12.4. The normalized spacial score (nSPS) is 10.8. The number of hydrogen-bond donors (Lipinski definition) is 2. The first-order valence-corrected chi connectivity index (χ1v) is 7.25. The van der Waals surface area contributed by atoms with Gasteiger partial charge in [-0.2, -0.15) is 5.10 Å². The number of aromatic amines is 1. The van der Waals surface area contributed by atoms with Gasteiger partial charge in [0.15, 0.2) is 5.82 Å². The van der Waals surface area contributed by atoms with Crippen molar-refractivity contribution in [1.29, 1.82) is 0 Å². The fraction of sp³-hybridized carbons (Fsp3) is 0.385. The topological polar surface area (TPSA) is 67.6 Å². The van der Waals surface area contributed by atoms with Crippen molar-refractivity contribution in [2.24, 2.45) is 5.73 Å². The van der Waals surface area contributed by atoms with Crippen molar-refractivity contribution >= 4 is 22.6 Å². The highest BCUT2D eigenvalue weighted by Crippen LogP contribution is 2.21. The molecule has 1 heterocycles. The first-order chi connectivity index (χ1) is 8.81. The Morgan fingerprint density at radius 3 is 2.78 bits per heavy atom. The fourth-order valence-electron chi connectivity index (χ4n) is 1.78. The number of nitrogens with two attached hydrogens (primary N) is 1. The first kappa shape index (κ1) is 13.5. The number of benzene rings is 1. The molecule has 0 aliphatic rings. The summed E-state index contributed by atoms with van der Waals surface area (Å²) >= 11 is 2.31. The number of halogens is 1. The lowest BCUT2D eigenvalue weighted by molar-refractivity contribution is 0.670. The van der Waals surface area contributed by atoms with Crippen LogP contribution in [0, 0.1) is 3.57 Å². The highest BCUT2D eigenvalue weighted by Gasteiger charge is 2.08. The zero-order valence-electron chi connectivity index (χ0n) is 10.2. The van der Waals surface area contributed by atoms with Crippen LogP contribution in [0.1, 0.15) is 25.1 Å². The van der Waals surface area contributed by atoms with Crippen LogP contribution in [-0.2, 0) is 6.42 Å². The molecule has 0 spiro atoms. The van der Waals surface area contributed by atoms with E-state index in [0.29, 0.717) is 0 Å². The monoisotopic (exact) mass is 356 g/mol. The van der Waals surface area contributed by atoms with Crippen molar-refractivity contribution < 1.29 is 0 Å². The number of unbranched alkanes of at least 4 members (excludes halogenated alkanes) is 2. The molecule has 0 saturated carbocycles. The second-order valence-corrected chi connectivity index (χ2v) is 5.35. The molecule has 18 heavy (non-hydrogen) atoms. The lowest BCUT2D eigenvalue weighted by Gasteiger charge is -1.98. The molecule has 0 amide bonds. The number of nitrogens with zero attached hydrogens (tertiary/aromatic N) is 2. The summed E-state index contributed by atoms with van der Waals surface area (Å²) in [7, 11) is 0. The van der Waals surface area contributed by atoms with E-state index in [9.17, 15) is 0 Å². The Bertz CT molecular complexity index is 495. The molecular weight excluding hydrogens is 339 g/mol. The summed E-state index contributed by atoms with van der Waals surface area (Å²) < 4.78 is 1.17. The number of H-pyrrole nitrogens is 1. The van der Waals surface area contributed by atoms with E-state index in [4.69, 9.17) is 5.73 Å². The summed E-state index contributed by atoms with van der Waals surface area (Å²) in [5, 5.41) is 7.29. The number of nitrogens with one attached hydrogen (secondary N) is 1. The largest absolute Gasteiger partial charge is 0.330 e. The summed E-state index contributed by atoms with van der Waals surface area (Å²) in [5.41, 5.74) is 6.55. The van der Waals surface area contributed by atoms with Crippen molar-refractivity contribution in [1.82, 2.24) is 15.2 Å². The minimum Gasteiger partial charge on any atom is -0.330 e. The van der Waals surface area contributed by atoms with Gasteiger partial charge in [-0.05, 0) is 48.0 Å². The highest BCUT2D eigenvalue weighted by atomic mass is 127. The highest BCUT2D eigenvalue weighted by molar-refractivity contribution is 14.1. The molecule has 0 bridgehead atoms. The lowest BCUT2D eigenvalue weighted by Crippen LogP contribution is -1.98. The van der Waals surface area contributed by atoms with Crippen molar-refractivity contribution in [3.05, 3.63) is 33.7 Å². The Balaban J connectivity index is 2.00. The van der Waals surface area contributed by atoms with Gasteiger partial charge in [0, 0.05) is 15.6 Å².